The van der Waals surface area contributed by atoms with Gasteiger partial charge in [-0.1, -0.05) is 0 Å². The van der Waals surface area contributed by atoms with Gasteiger partial charge in [0.15, 0.2) is 0 Å². The van der Waals surface area contributed by atoms with E-state index >= 15 is 0 Å². The van der Waals surface area contributed by atoms with Crippen molar-refractivity contribution in [1.82, 2.24) is 0 Å². The highest BCUT2D eigenvalue weighted by atomic mass is 16.6. The topological polar surface area (TPSA) is 58.9 Å². The first-order chi connectivity index (χ1) is 7.37. The van der Waals surface area contributed by atoms with Crippen LogP contribution in [0.15, 0.2) is 29.3 Å². The van der Waals surface area contributed by atoms with E-state index in [0.29, 0.717) is 5.69 Å². The van der Waals surface area contributed by atoms with Crippen LogP contribution in [0, 0.1) is 0 Å². The fourth-order valence-corrected chi connectivity index (χ4v) is 0.994. The standard InChI is InChI=1S/C12H15NO3/c1-12(2,3)16-11(15)8-13-9-4-6-10(14)7-5-9/h4-8,14H,1-3H3. The molecule has 16 heavy (non-hydrogen) atoms. The van der Waals surface area contributed by atoms with Crippen LogP contribution in [-0.4, -0.2) is 22.9 Å². The lowest BCUT2D eigenvalue weighted by atomic mass is 10.2. The minimum absolute atomic E-state index is 0.163. The number of phenolic OH excluding ortho intramolecular Hbond substituents is 1. The van der Waals surface area contributed by atoms with Crippen LogP contribution in [0.5, 0.6) is 5.75 Å². The number of benzene rings is 1. The van der Waals surface area contributed by atoms with Crippen molar-refractivity contribution < 1.29 is 14.6 Å². The summed E-state index contributed by atoms with van der Waals surface area (Å²) >= 11 is 0. The minimum Gasteiger partial charge on any atom is -0.508 e. The summed E-state index contributed by atoms with van der Waals surface area (Å²) in [4.78, 5) is 15.2. The Kier molecular flexibility index (Phi) is 3.66. The number of esters is 1. The SMILES string of the molecule is CC(C)(C)OC(=O)C=Nc1ccc(O)cc1. The first kappa shape index (κ1) is 12.2. The van der Waals surface area contributed by atoms with Crippen LogP contribution in [0.3, 0.4) is 0 Å². The first-order valence-electron chi connectivity index (χ1n) is 4.93. The lowest BCUT2D eigenvalue weighted by molar-refractivity contribution is -0.145. The summed E-state index contributed by atoms with van der Waals surface area (Å²) in [5, 5.41) is 9.04. The molecule has 0 atom stereocenters. The van der Waals surface area contributed by atoms with Crippen LogP contribution in [0.4, 0.5) is 5.69 Å². The van der Waals surface area contributed by atoms with Crippen molar-refractivity contribution in [1.29, 1.82) is 0 Å². The second-order valence-electron chi connectivity index (χ2n) is 4.31. The van der Waals surface area contributed by atoms with Crippen molar-refractivity contribution in [2.24, 2.45) is 4.99 Å². The summed E-state index contributed by atoms with van der Waals surface area (Å²) in [5.41, 5.74) is 0.0709. The highest BCUT2D eigenvalue weighted by molar-refractivity contribution is 6.23. The molecule has 0 spiro atoms. The Bertz CT molecular complexity index is 388. The monoisotopic (exact) mass is 221 g/mol. The first-order valence-corrected chi connectivity index (χ1v) is 4.93. The maximum absolute atomic E-state index is 11.3. The number of aliphatic imine (C=N–C) groups is 1. The maximum Gasteiger partial charge on any atom is 0.349 e. The van der Waals surface area contributed by atoms with Gasteiger partial charge in [-0.25, -0.2) is 9.79 Å². The van der Waals surface area contributed by atoms with Gasteiger partial charge in [-0.15, -0.1) is 0 Å². The zero-order valence-corrected chi connectivity index (χ0v) is 9.60. The average molecular weight is 221 g/mol. The van der Waals surface area contributed by atoms with Crippen LogP contribution in [0.2, 0.25) is 0 Å². The molecule has 0 unspecified atom stereocenters. The third kappa shape index (κ3) is 4.59. The molecule has 4 nitrogen and oxygen atoms in total. The molecule has 1 rings (SSSR count). The molecule has 0 aliphatic carbocycles. The van der Waals surface area contributed by atoms with Crippen LogP contribution < -0.4 is 0 Å². The quantitative estimate of drug-likeness (QED) is 0.616. The Morgan fingerprint density at radius 2 is 1.88 bits per heavy atom. The van der Waals surface area contributed by atoms with Gasteiger partial charge in [0.1, 0.15) is 17.6 Å². The van der Waals surface area contributed by atoms with E-state index in [1.165, 1.54) is 12.1 Å². The van der Waals surface area contributed by atoms with Gasteiger partial charge >= 0.3 is 5.97 Å². The van der Waals surface area contributed by atoms with Crippen molar-refractivity contribution in [3.8, 4) is 5.75 Å². The molecule has 0 aliphatic heterocycles. The largest absolute Gasteiger partial charge is 0.508 e. The van der Waals surface area contributed by atoms with Gasteiger partial charge in [-0.2, -0.15) is 0 Å². The van der Waals surface area contributed by atoms with E-state index in [2.05, 4.69) is 4.99 Å². The van der Waals surface area contributed by atoms with E-state index in [1.807, 2.05) is 0 Å². The molecule has 1 aromatic rings. The number of nitrogens with zero attached hydrogens (tertiary/aromatic N) is 1. The van der Waals surface area contributed by atoms with Gasteiger partial charge < -0.3 is 9.84 Å². The Morgan fingerprint density at radius 1 is 1.31 bits per heavy atom. The van der Waals surface area contributed by atoms with Gasteiger partial charge in [-0.3, -0.25) is 0 Å². The summed E-state index contributed by atoms with van der Waals surface area (Å²) in [7, 11) is 0. The van der Waals surface area contributed by atoms with Crippen molar-refractivity contribution >= 4 is 17.9 Å². The zero-order chi connectivity index (χ0) is 12.2. The fourth-order valence-electron chi connectivity index (χ4n) is 0.994. The van der Waals surface area contributed by atoms with E-state index in [0.717, 1.165) is 6.21 Å². The van der Waals surface area contributed by atoms with E-state index in [9.17, 15) is 4.79 Å². The van der Waals surface area contributed by atoms with Crippen LogP contribution >= 0.6 is 0 Å². The molecule has 0 amide bonds. The summed E-state index contributed by atoms with van der Waals surface area (Å²) in [6, 6.07) is 6.22. The lowest BCUT2D eigenvalue weighted by Gasteiger charge is -2.17. The van der Waals surface area contributed by atoms with E-state index < -0.39 is 11.6 Å². The lowest BCUT2D eigenvalue weighted by Crippen LogP contribution is -2.24. The van der Waals surface area contributed by atoms with Gasteiger partial charge in [0, 0.05) is 0 Å². The number of aromatic hydroxyl groups is 1. The van der Waals surface area contributed by atoms with E-state index in [-0.39, 0.29) is 5.75 Å². The Hall–Kier alpha value is -1.84. The molecule has 86 valence electrons. The van der Waals surface area contributed by atoms with E-state index in [1.54, 1.807) is 32.9 Å². The molecule has 0 fully saturated rings. The molecule has 0 bridgehead atoms. The molecular weight excluding hydrogens is 206 g/mol. The van der Waals surface area contributed by atoms with Gasteiger partial charge in [0.05, 0.1) is 5.69 Å². The molecule has 0 aliphatic rings. The van der Waals surface area contributed by atoms with Crippen molar-refractivity contribution in [2.45, 2.75) is 26.4 Å². The molecule has 1 N–H and O–H groups in total. The van der Waals surface area contributed by atoms with Crippen LogP contribution in [-0.2, 0) is 9.53 Å². The van der Waals surface area contributed by atoms with Crippen molar-refractivity contribution in [2.75, 3.05) is 0 Å². The van der Waals surface area contributed by atoms with Crippen LogP contribution in [0.1, 0.15) is 20.8 Å². The third-order valence-electron chi connectivity index (χ3n) is 1.58. The average Bonchev–Trinajstić information content (AvgIpc) is 2.14. The number of phenols is 1. The Balaban J connectivity index is 2.60. The summed E-state index contributed by atoms with van der Waals surface area (Å²) in [6.07, 6.45) is 1.12. The predicted molar refractivity (Wildman–Crippen MR) is 62.1 cm³/mol. The molecule has 0 saturated heterocycles. The van der Waals surface area contributed by atoms with Crippen molar-refractivity contribution in [3.05, 3.63) is 24.3 Å². The van der Waals surface area contributed by atoms with E-state index in [4.69, 9.17) is 9.84 Å². The molecule has 1 aromatic carbocycles. The molecule has 0 saturated carbocycles. The van der Waals surface area contributed by atoms with Crippen molar-refractivity contribution in [3.63, 3.8) is 0 Å². The molecule has 0 radical (unpaired) electrons. The molecule has 0 aromatic heterocycles. The predicted octanol–water partition coefficient (Wildman–Crippen LogP) is 2.44. The second-order valence-corrected chi connectivity index (χ2v) is 4.31. The highest BCUT2D eigenvalue weighted by Crippen LogP contribution is 2.16. The summed E-state index contributed by atoms with van der Waals surface area (Å²) in [5.74, 6) is -0.322. The van der Waals surface area contributed by atoms with Crippen LogP contribution in [0.25, 0.3) is 0 Å². The molecule has 4 heteroatoms. The normalized spacial score (nSPS) is 11.7. The maximum atomic E-state index is 11.3. The van der Waals surface area contributed by atoms with Gasteiger partial charge in [0.25, 0.3) is 0 Å². The smallest absolute Gasteiger partial charge is 0.349 e. The highest BCUT2D eigenvalue weighted by Gasteiger charge is 2.14. The molecular formula is C12H15NO3. The Labute approximate surface area is 94.6 Å². The summed E-state index contributed by atoms with van der Waals surface area (Å²) < 4.78 is 5.05. The van der Waals surface area contributed by atoms with Gasteiger partial charge in [-0.05, 0) is 45.0 Å². The second kappa shape index (κ2) is 4.79. The van der Waals surface area contributed by atoms with Gasteiger partial charge in [0.2, 0.25) is 0 Å². The minimum atomic E-state index is -0.516. The third-order valence-corrected chi connectivity index (χ3v) is 1.58. The number of hydrogen-bond acceptors (Lipinski definition) is 4. The zero-order valence-electron chi connectivity index (χ0n) is 9.60. The summed E-state index contributed by atoms with van der Waals surface area (Å²) in [6.45, 7) is 5.37. The Morgan fingerprint density at radius 3 is 2.38 bits per heavy atom. The molecule has 0 heterocycles. The number of carbonyl (C=O) groups excluding carboxylic acids is 1. The number of ether oxygens (including phenoxy) is 1. The number of rotatable bonds is 2. The fraction of sp³-hybridized carbons (Fsp3) is 0.333. The number of carbonyl (C=O) groups is 1. The number of hydrogen-bond donors (Lipinski definition) is 1.